The number of rotatable bonds is 17. The van der Waals surface area contributed by atoms with Gasteiger partial charge in [0.25, 0.3) is 0 Å². The Bertz CT molecular complexity index is 3140. The van der Waals surface area contributed by atoms with Gasteiger partial charge in [0.2, 0.25) is 35.4 Å². The fourth-order valence-electron chi connectivity index (χ4n) is 10.6. The number of nitrogens with zero attached hydrogens (tertiary/aromatic N) is 2. The van der Waals surface area contributed by atoms with Gasteiger partial charge in [0.1, 0.15) is 54.7 Å². The van der Waals surface area contributed by atoms with E-state index >= 15 is 28.8 Å². The third-order valence-electron chi connectivity index (χ3n) is 15.0. The van der Waals surface area contributed by atoms with Crippen molar-refractivity contribution in [3.8, 4) is 5.75 Å². The standard InChI is InChI=1S/C61H70ClN11O9/c62-44-20-15-40(16-21-44)32-52-60(79)73-36-46(82-61(80)65-26-25-63)34-54(73)59(78)67-49(24-19-39-9-3-1-4-10-39)55(74)69-51(33-43-35-66-48-14-8-7-13-47(43)48)57(76)71-53(37-72-29-27-64-28-30-72)58(77)68-50(56(75)70-52)31-41-17-22-45(23-18-41)81-38-42-11-5-2-6-12-42/h1-18,20-23,35,46,49-54,64,66H,19,24-34,36-38,63H2,(H,65,80)(H,67,78)(H,68,77)(H,69,74)(H,70,75)(H,71,76)/t46-,49-,50+,51-,52+,53+,54+/m1/s1. The van der Waals surface area contributed by atoms with E-state index in [4.69, 9.17) is 26.8 Å². The Morgan fingerprint density at radius 1 is 0.622 bits per heavy atom. The largest absolute Gasteiger partial charge is 0.489 e. The van der Waals surface area contributed by atoms with Gasteiger partial charge >= 0.3 is 6.09 Å². The topological polar surface area (TPSA) is 270 Å². The molecule has 3 saturated heterocycles. The molecule has 7 atom stereocenters. The Morgan fingerprint density at radius 3 is 1.89 bits per heavy atom. The number of hydrogen-bond donors (Lipinski definition) is 9. The van der Waals surface area contributed by atoms with Gasteiger partial charge in [-0.25, -0.2) is 4.79 Å². The van der Waals surface area contributed by atoms with Crippen molar-refractivity contribution in [2.75, 3.05) is 52.4 Å². The molecule has 7 amide bonds. The summed E-state index contributed by atoms with van der Waals surface area (Å²) in [7, 11) is 0. The lowest BCUT2D eigenvalue weighted by molar-refractivity contribution is -0.143. The van der Waals surface area contributed by atoms with Crippen molar-refractivity contribution in [2.45, 2.75) is 87.5 Å². The van der Waals surface area contributed by atoms with Crippen molar-refractivity contribution in [1.82, 2.24) is 52.0 Å². The molecule has 430 valence electrons. The SMILES string of the molecule is NCCNC(=O)O[C@@H]1C[C@H]2C(=O)N[C@H](CCc3ccccc3)C(=O)N[C@H](Cc3c[nH]c4ccccc34)C(=O)N[C@@H](CN3CCNCC3)C(=O)N[C@@H](Cc3ccc(OCc4ccccc4)cc3)C(=O)N[C@@H](Cc3ccc(Cl)cc3)C(=O)N2C1. The van der Waals surface area contributed by atoms with Crippen LogP contribution >= 0.6 is 11.6 Å². The highest BCUT2D eigenvalue weighted by atomic mass is 35.5. The number of amides is 7. The lowest BCUT2D eigenvalue weighted by Gasteiger charge is -2.33. The molecule has 3 aliphatic rings. The number of carbonyl (C=O) groups is 7. The number of halogens is 1. The number of para-hydroxylation sites is 1. The number of carbonyl (C=O) groups excluding carboxylic acids is 7. The molecule has 4 heterocycles. The Balaban J connectivity index is 1.11. The number of aromatic nitrogens is 1. The minimum atomic E-state index is -1.38. The van der Waals surface area contributed by atoms with E-state index in [1.165, 1.54) is 4.90 Å². The van der Waals surface area contributed by atoms with Crippen LogP contribution in [0.5, 0.6) is 5.75 Å². The average Bonchev–Trinajstić information content (AvgIpc) is 4.34. The Kier molecular flexibility index (Phi) is 20.2. The van der Waals surface area contributed by atoms with Crippen molar-refractivity contribution in [1.29, 1.82) is 0 Å². The molecule has 82 heavy (non-hydrogen) atoms. The molecular weight excluding hydrogens is 1070 g/mol. The van der Waals surface area contributed by atoms with Crippen LogP contribution in [0.15, 0.2) is 140 Å². The predicted molar refractivity (Wildman–Crippen MR) is 309 cm³/mol. The van der Waals surface area contributed by atoms with Crippen molar-refractivity contribution in [3.63, 3.8) is 0 Å². The fourth-order valence-corrected chi connectivity index (χ4v) is 10.7. The van der Waals surface area contributed by atoms with Crippen LogP contribution in [0.25, 0.3) is 10.9 Å². The highest BCUT2D eigenvalue weighted by molar-refractivity contribution is 6.30. The lowest BCUT2D eigenvalue weighted by Crippen LogP contribution is -2.63. The number of benzene rings is 5. The molecule has 3 aliphatic heterocycles. The number of nitrogens with two attached hydrogens (primary N) is 1. The second kappa shape index (κ2) is 28.4. The number of piperazine rings is 1. The van der Waals surface area contributed by atoms with Gasteiger partial charge in [-0.05, 0) is 71.0 Å². The molecule has 21 heteroatoms. The maximum absolute atomic E-state index is 15.5. The highest BCUT2D eigenvalue weighted by Gasteiger charge is 2.45. The van der Waals surface area contributed by atoms with Gasteiger partial charge in [0.15, 0.2) is 0 Å². The molecule has 0 radical (unpaired) electrons. The van der Waals surface area contributed by atoms with E-state index in [1.54, 1.807) is 54.7 Å². The van der Waals surface area contributed by atoms with Gasteiger partial charge < -0.3 is 62.3 Å². The number of aromatic amines is 1. The van der Waals surface area contributed by atoms with Crippen molar-refractivity contribution >= 4 is 64.0 Å². The molecule has 5 aromatic carbocycles. The summed E-state index contributed by atoms with van der Waals surface area (Å²) in [5.41, 5.74) is 10.2. The summed E-state index contributed by atoms with van der Waals surface area (Å²) in [6.45, 7) is 2.70. The first-order valence-corrected chi connectivity index (χ1v) is 28.2. The monoisotopic (exact) mass is 1140 g/mol. The van der Waals surface area contributed by atoms with E-state index in [1.807, 2.05) is 89.8 Å². The molecule has 1 aromatic heterocycles. The first-order chi connectivity index (χ1) is 39.8. The number of ether oxygens (including phenoxy) is 2. The van der Waals surface area contributed by atoms with Gasteiger partial charge in [-0.15, -0.1) is 0 Å². The summed E-state index contributed by atoms with van der Waals surface area (Å²) in [5.74, 6) is -3.66. The molecule has 0 unspecified atom stereocenters. The van der Waals surface area contributed by atoms with Gasteiger partial charge in [0.05, 0.1) is 6.54 Å². The Hall–Kier alpha value is -8.30. The van der Waals surface area contributed by atoms with Gasteiger partial charge in [-0.2, -0.15) is 0 Å². The molecule has 0 spiro atoms. The Morgan fingerprint density at radius 2 is 1.20 bits per heavy atom. The Labute approximate surface area is 480 Å². The second-order valence-corrected chi connectivity index (χ2v) is 21.3. The zero-order valence-electron chi connectivity index (χ0n) is 45.5. The third kappa shape index (κ3) is 16.0. The zero-order chi connectivity index (χ0) is 57.4. The fraction of sp³-hybridized carbons (Fsp3) is 0.361. The number of nitrogens with one attached hydrogen (secondary N) is 8. The van der Waals surface area contributed by atoms with Crippen LogP contribution in [-0.4, -0.2) is 151 Å². The second-order valence-electron chi connectivity index (χ2n) is 20.9. The van der Waals surface area contributed by atoms with Crippen LogP contribution in [0.1, 0.15) is 40.7 Å². The number of alkyl carbamates (subject to hydrolysis) is 1. The molecule has 10 N–H and O–H groups in total. The molecule has 9 rings (SSSR count). The molecule has 3 fully saturated rings. The van der Waals surface area contributed by atoms with E-state index in [0.29, 0.717) is 66.7 Å². The molecule has 0 saturated carbocycles. The average molecular weight is 1140 g/mol. The minimum Gasteiger partial charge on any atom is -0.489 e. The quantitative estimate of drug-likeness (QED) is 0.0638. The van der Waals surface area contributed by atoms with Gasteiger partial charge in [0, 0.05) is 93.6 Å². The van der Waals surface area contributed by atoms with Crippen LogP contribution in [0.4, 0.5) is 4.79 Å². The summed E-state index contributed by atoms with van der Waals surface area (Å²) < 4.78 is 11.8. The minimum absolute atomic E-state index is 0.0237. The van der Waals surface area contributed by atoms with E-state index in [2.05, 4.69) is 42.2 Å². The van der Waals surface area contributed by atoms with E-state index in [9.17, 15) is 4.79 Å². The summed E-state index contributed by atoms with van der Waals surface area (Å²) in [5, 5.41) is 21.9. The summed E-state index contributed by atoms with van der Waals surface area (Å²) in [6.07, 6.45) is -0.0302. The van der Waals surface area contributed by atoms with Gasteiger partial charge in [-0.1, -0.05) is 115 Å². The summed E-state index contributed by atoms with van der Waals surface area (Å²) >= 11 is 6.32. The summed E-state index contributed by atoms with van der Waals surface area (Å²) in [6, 6.07) is 32.5. The van der Waals surface area contributed by atoms with Crippen LogP contribution in [0, 0.1) is 0 Å². The van der Waals surface area contributed by atoms with Gasteiger partial charge in [-0.3, -0.25) is 33.7 Å². The molecule has 0 bridgehead atoms. The number of hydrogen-bond acceptors (Lipinski definition) is 12. The molecule has 0 aliphatic carbocycles. The zero-order valence-corrected chi connectivity index (χ0v) is 46.2. The van der Waals surface area contributed by atoms with Crippen LogP contribution < -0.4 is 47.7 Å². The molecule has 6 aromatic rings. The van der Waals surface area contributed by atoms with Crippen LogP contribution in [-0.2, 0) is 65.8 Å². The van der Waals surface area contributed by atoms with E-state index in [0.717, 1.165) is 22.0 Å². The molecular formula is C61H70ClN11O9. The molecule has 20 nitrogen and oxygen atoms in total. The smallest absolute Gasteiger partial charge is 0.407 e. The van der Waals surface area contributed by atoms with Crippen LogP contribution in [0.2, 0.25) is 5.02 Å². The first-order valence-electron chi connectivity index (χ1n) is 27.8. The van der Waals surface area contributed by atoms with E-state index in [-0.39, 0.29) is 58.3 Å². The van der Waals surface area contributed by atoms with E-state index < -0.39 is 83.9 Å². The normalized spacial score (nSPS) is 22.4. The van der Waals surface area contributed by atoms with Crippen LogP contribution in [0.3, 0.4) is 0 Å². The maximum Gasteiger partial charge on any atom is 0.407 e. The third-order valence-corrected chi connectivity index (χ3v) is 15.2. The highest BCUT2D eigenvalue weighted by Crippen LogP contribution is 2.25. The number of fused-ring (bicyclic) bond motifs is 2. The van der Waals surface area contributed by atoms with Crippen molar-refractivity contribution in [3.05, 3.63) is 172 Å². The predicted octanol–water partition coefficient (Wildman–Crippen LogP) is 3.06. The maximum atomic E-state index is 15.5. The number of H-pyrrole nitrogens is 1. The summed E-state index contributed by atoms with van der Waals surface area (Å²) in [4.78, 5) is 111. The van der Waals surface area contributed by atoms with Crippen molar-refractivity contribution < 1.29 is 43.0 Å². The first kappa shape index (κ1) is 58.4. The van der Waals surface area contributed by atoms with Crippen molar-refractivity contribution in [2.24, 2.45) is 5.73 Å². The lowest BCUT2D eigenvalue weighted by atomic mass is 10.00. The number of aryl methyl sites for hydroxylation is 1.